The van der Waals surface area contributed by atoms with Crippen molar-refractivity contribution >= 4 is 46.7 Å². The van der Waals surface area contributed by atoms with Gasteiger partial charge in [0.05, 0.1) is 49.1 Å². The molecule has 2 heterocycles. The molecule has 0 saturated carbocycles. The van der Waals surface area contributed by atoms with Gasteiger partial charge in [0.15, 0.2) is 0 Å². The number of methoxy groups -OCH3 is 3. The second kappa shape index (κ2) is 13.0. The summed E-state index contributed by atoms with van der Waals surface area (Å²) in [6, 6.07) is 16.2. The second-order valence-electron chi connectivity index (χ2n) is 12.0. The molecule has 1 fully saturated rings. The predicted molar refractivity (Wildman–Crippen MR) is 178 cm³/mol. The van der Waals surface area contributed by atoms with Crippen molar-refractivity contribution in [1.82, 2.24) is 9.13 Å². The number of para-hydroxylation sites is 1. The molecule has 1 aliphatic heterocycles. The van der Waals surface area contributed by atoms with Crippen LogP contribution in [0.15, 0.2) is 70.3 Å². The van der Waals surface area contributed by atoms with Crippen molar-refractivity contribution in [3.05, 3.63) is 81.5 Å². The fourth-order valence-electron chi connectivity index (χ4n) is 5.19. The van der Waals surface area contributed by atoms with Crippen LogP contribution in [-0.2, 0) is 32.0 Å². The maximum absolute atomic E-state index is 13.7. The highest BCUT2D eigenvalue weighted by molar-refractivity contribution is 6.63. The molecule has 0 atom stereocenters. The van der Waals surface area contributed by atoms with Crippen molar-refractivity contribution in [3.63, 3.8) is 0 Å². The number of hydrogen-bond acceptors (Lipinski definition) is 9. The predicted octanol–water partition coefficient (Wildman–Crippen LogP) is 2.77. The topological polar surface area (TPSA) is 148 Å². The highest BCUT2D eigenvalue weighted by Crippen LogP contribution is 2.38. The average molecular weight is 644 g/mol. The third-order valence-corrected chi connectivity index (χ3v) is 8.44. The number of ether oxygens (including phenoxy) is 3. The Morgan fingerprint density at radius 2 is 1.36 bits per heavy atom. The molecule has 13 nitrogen and oxygen atoms in total. The lowest BCUT2D eigenvalue weighted by Crippen LogP contribution is -2.44. The van der Waals surface area contributed by atoms with E-state index in [1.54, 1.807) is 54.6 Å². The van der Waals surface area contributed by atoms with E-state index in [0.29, 0.717) is 28.4 Å². The molecule has 2 amide bonds. The Kier molecular flexibility index (Phi) is 9.19. The molecule has 2 N–H and O–H groups in total. The van der Waals surface area contributed by atoms with Crippen LogP contribution in [0.2, 0.25) is 0 Å². The van der Waals surface area contributed by atoms with Crippen molar-refractivity contribution in [2.24, 2.45) is 0 Å². The first-order valence-electron chi connectivity index (χ1n) is 14.9. The van der Waals surface area contributed by atoms with Crippen LogP contribution in [0.25, 0.3) is 10.9 Å². The number of aromatic nitrogens is 2. The van der Waals surface area contributed by atoms with Crippen molar-refractivity contribution in [2.45, 2.75) is 52.0 Å². The first-order valence-corrected chi connectivity index (χ1v) is 14.9. The van der Waals surface area contributed by atoms with Crippen LogP contribution in [0.5, 0.6) is 17.2 Å². The number of anilines is 2. The fourth-order valence-corrected chi connectivity index (χ4v) is 5.19. The quantitative estimate of drug-likeness (QED) is 0.249. The van der Waals surface area contributed by atoms with E-state index in [1.807, 2.05) is 27.7 Å². The van der Waals surface area contributed by atoms with Gasteiger partial charge in [-0.15, -0.1) is 0 Å². The number of carbonyl (C=O) groups excluding carboxylic acids is 2. The third-order valence-electron chi connectivity index (χ3n) is 8.44. The van der Waals surface area contributed by atoms with E-state index in [-0.39, 0.29) is 16.6 Å². The first kappa shape index (κ1) is 33.3. The Morgan fingerprint density at radius 3 is 1.98 bits per heavy atom. The molecule has 5 rings (SSSR count). The normalized spacial score (nSPS) is 14.9. The van der Waals surface area contributed by atoms with E-state index in [2.05, 4.69) is 10.6 Å². The van der Waals surface area contributed by atoms with Gasteiger partial charge in [-0.1, -0.05) is 12.1 Å². The highest BCUT2D eigenvalue weighted by Gasteiger charge is 2.52. The van der Waals surface area contributed by atoms with Gasteiger partial charge >= 0.3 is 12.8 Å². The number of hydrogen-bond donors (Lipinski definition) is 2. The lowest BCUT2D eigenvalue weighted by molar-refractivity contribution is -0.117. The molecule has 1 saturated heterocycles. The summed E-state index contributed by atoms with van der Waals surface area (Å²) in [6.07, 6.45) is 0. The van der Waals surface area contributed by atoms with Gasteiger partial charge < -0.3 is 34.2 Å². The molecule has 1 aliphatic rings. The van der Waals surface area contributed by atoms with E-state index in [0.717, 1.165) is 9.13 Å². The van der Waals surface area contributed by atoms with Gasteiger partial charge in [0, 0.05) is 17.2 Å². The van der Waals surface area contributed by atoms with E-state index in [1.165, 1.54) is 27.4 Å². The zero-order valence-electron chi connectivity index (χ0n) is 27.3. The van der Waals surface area contributed by atoms with E-state index < -0.39 is 54.5 Å². The Hall–Kier alpha value is -5.08. The first-order chi connectivity index (χ1) is 22.3. The van der Waals surface area contributed by atoms with Crippen molar-refractivity contribution in [2.75, 3.05) is 32.0 Å². The van der Waals surface area contributed by atoms with Gasteiger partial charge in [-0.25, -0.2) is 4.79 Å². The van der Waals surface area contributed by atoms with Crippen LogP contribution < -0.4 is 41.6 Å². The van der Waals surface area contributed by atoms with E-state index >= 15 is 0 Å². The molecular weight excluding hydrogens is 607 g/mol. The Morgan fingerprint density at radius 1 is 0.766 bits per heavy atom. The van der Waals surface area contributed by atoms with Crippen LogP contribution in [0.1, 0.15) is 27.7 Å². The van der Waals surface area contributed by atoms with Crippen molar-refractivity contribution < 1.29 is 33.1 Å². The fraction of sp³-hybridized carbons (Fsp3) is 0.333. The van der Waals surface area contributed by atoms with Gasteiger partial charge in [0.25, 0.3) is 5.56 Å². The minimum atomic E-state index is -0.826. The number of rotatable bonds is 10. The van der Waals surface area contributed by atoms with E-state index in [9.17, 15) is 19.2 Å². The third kappa shape index (κ3) is 6.60. The van der Waals surface area contributed by atoms with Gasteiger partial charge in [-0.05, 0) is 70.2 Å². The summed E-state index contributed by atoms with van der Waals surface area (Å²) in [5.74, 6) is 0.146. The van der Waals surface area contributed by atoms with Gasteiger partial charge in [0.2, 0.25) is 11.8 Å². The van der Waals surface area contributed by atoms with Crippen LogP contribution in [0.3, 0.4) is 0 Å². The number of fused-ring (bicyclic) bond motifs is 1. The monoisotopic (exact) mass is 644 g/mol. The molecular formula is C33H37BN4O9. The second-order valence-corrected chi connectivity index (χ2v) is 12.0. The summed E-state index contributed by atoms with van der Waals surface area (Å²) in [4.78, 5) is 53.5. The number of benzene rings is 3. The van der Waals surface area contributed by atoms with Crippen LogP contribution >= 0.6 is 0 Å². The molecule has 47 heavy (non-hydrogen) atoms. The largest absolute Gasteiger partial charge is 0.498 e. The standard InChI is InChI=1S/C33H37BN4O9/c1-32(2)33(3,4)47-34(46-32)23-16-24(27(45-7)17-26(23)44-6)36-29(40)18-37-25-11-9-8-10-22(25)30(41)38(31(37)42)19-28(39)35-20-12-14-21(43-5)15-13-20/h8-17H,18-19H2,1-7H3,(H,35,39)(H,36,40). The maximum atomic E-state index is 13.7. The number of nitrogens with one attached hydrogen (secondary N) is 2. The molecule has 3 aromatic carbocycles. The lowest BCUT2D eigenvalue weighted by atomic mass is 9.78. The minimum Gasteiger partial charge on any atom is -0.497 e. The SMILES string of the molecule is COc1ccc(NC(=O)Cn2c(=O)c3ccccc3n(CC(=O)Nc3cc(B4OC(C)(C)C(C)(C)O4)c(OC)cc3OC)c2=O)cc1. The minimum absolute atomic E-state index is 0.169. The van der Waals surface area contributed by atoms with Crippen LogP contribution in [-0.4, -0.2) is 60.6 Å². The Balaban J connectivity index is 1.45. The lowest BCUT2D eigenvalue weighted by Gasteiger charge is -2.32. The summed E-state index contributed by atoms with van der Waals surface area (Å²) >= 11 is 0. The Labute approximate surface area is 271 Å². The smallest absolute Gasteiger partial charge is 0.497 e. The average Bonchev–Trinajstić information content (AvgIpc) is 3.27. The molecule has 0 bridgehead atoms. The summed E-state index contributed by atoms with van der Waals surface area (Å²) in [5.41, 5.74) is -1.22. The number of amides is 2. The molecule has 1 aromatic heterocycles. The zero-order valence-corrected chi connectivity index (χ0v) is 27.3. The van der Waals surface area contributed by atoms with Crippen LogP contribution in [0.4, 0.5) is 11.4 Å². The molecule has 0 radical (unpaired) electrons. The summed E-state index contributed by atoms with van der Waals surface area (Å²) in [7, 11) is 3.68. The zero-order chi connectivity index (χ0) is 34.1. The Bertz CT molecular complexity index is 1940. The molecule has 0 spiro atoms. The van der Waals surface area contributed by atoms with Gasteiger partial charge in [-0.2, -0.15) is 0 Å². The highest BCUT2D eigenvalue weighted by atomic mass is 16.7. The van der Waals surface area contributed by atoms with E-state index in [4.69, 9.17) is 23.5 Å². The summed E-state index contributed by atoms with van der Waals surface area (Å²) in [5, 5.41) is 5.65. The molecule has 0 aliphatic carbocycles. The molecule has 4 aromatic rings. The van der Waals surface area contributed by atoms with Crippen LogP contribution in [0, 0.1) is 0 Å². The summed E-state index contributed by atoms with van der Waals surface area (Å²) in [6.45, 7) is 6.66. The molecule has 0 unspecified atom stereocenters. The van der Waals surface area contributed by atoms with Gasteiger partial charge in [0.1, 0.15) is 30.3 Å². The summed E-state index contributed by atoms with van der Waals surface area (Å²) < 4.78 is 30.6. The molecule has 14 heteroatoms. The van der Waals surface area contributed by atoms with Crippen molar-refractivity contribution in [3.8, 4) is 17.2 Å². The van der Waals surface area contributed by atoms with Crippen molar-refractivity contribution in [1.29, 1.82) is 0 Å². The number of nitrogens with zero attached hydrogens (tertiary/aromatic N) is 2. The molecule has 246 valence electrons. The van der Waals surface area contributed by atoms with Gasteiger partial charge in [-0.3, -0.25) is 23.5 Å². The number of carbonyl (C=O) groups is 2. The maximum Gasteiger partial charge on any atom is 0.498 e.